The largest absolute Gasteiger partial charge is 2.00 e. The Labute approximate surface area is 103 Å². The zero-order valence-corrected chi connectivity index (χ0v) is 10.5. The number of carbonyl (C=O) groups is 2. The first-order chi connectivity index (χ1) is 5.70. The number of carboxylic acid groups (broad SMARTS) is 2. The molecular weight excluding hydrogens is 196 g/mol. The molecule has 0 saturated heterocycles. The maximum absolute atomic E-state index is 11.0. The third-order valence-electron chi connectivity index (χ3n) is 2.54. The normalized spacial score (nSPS) is 11.7. The first-order valence-electron chi connectivity index (χ1n) is 4.17. The molecule has 0 radical (unpaired) electrons. The Balaban J connectivity index is -0.000000240. The summed E-state index contributed by atoms with van der Waals surface area (Å²) in [5.74, 6) is -2.54. The monoisotopic (exact) mass is 214 g/mol. The van der Waals surface area contributed by atoms with Gasteiger partial charge in [0.05, 0.1) is 0 Å². The maximum Gasteiger partial charge on any atom is 2.00 e. The van der Waals surface area contributed by atoms with Crippen LogP contribution in [-0.4, -0.2) is 45.2 Å². The Morgan fingerprint density at radius 1 is 1.14 bits per heavy atom. The van der Waals surface area contributed by atoms with Crippen molar-refractivity contribution in [3.63, 3.8) is 0 Å². The van der Waals surface area contributed by atoms with Crippen LogP contribution in [0.25, 0.3) is 0 Å². The molecule has 2 N–H and O–H groups in total. The van der Waals surface area contributed by atoms with Gasteiger partial charge < -0.3 is 13.1 Å². The molecule has 0 fully saturated rings. The molecule has 0 aliphatic carbocycles. The first kappa shape index (κ1) is 16.1. The average molecular weight is 215 g/mol. The molecule has 0 aliphatic rings. The van der Waals surface area contributed by atoms with Crippen LogP contribution in [0.15, 0.2) is 0 Å². The van der Waals surface area contributed by atoms with Crippen LogP contribution in [-0.2, 0) is 9.59 Å². The molecule has 0 heterocycles. The molecule has 0 unspecified atom stereocenters. The quantitative estimate of drug-likeness (QED) is 0.551. The SMILES string of the molecule is CCC(C(=O)O)(C(=O)O)C(C)(C)C.[H-].[H-].[Mg+2]. The Hall–Kier alpha value is -0.294. The summed E-state index contributed by atoms with van der Waals surface area (Å²) < 4.78 is 0. The van der Waals surface area contributed by atoms with Crippen molar-refractivity contribution in [2.75, 3.05) is 0 Å². The Morgan fingerprint density at radius 3 is 1.43 bits per heavy atom. The Kier molecular flexibility index (Phi) is 5.74. The predicted molar refractivity (Wildman–Crippen MR) is 55.4 cm³/mol. The second-order valence-corrected chi connectivity index (χ2v) is 4.12. The molecule has 80 valence electrons. The van der Waals surface area contributed by atoms with Gasteiger partial charge in [0.15, 0.2) is 5.41 Å². The smallest absolute Gasteiger partial charge is 1.00 e. The van der Waals surface area contributed by atoms with Gasteiger partial charge in [0.25, 0.3) is 0 Å². The van der Waals surface area contributed by atoms with E-state index in [0.29, 0.717) is 0 Å². The van der Waals surface area contributed by atoms with Crippen molar-refractivity contribution in [1.29, 1.82) is 0 Å². The summed E-state index contributed by atoms with van der Waals surface area (Å²) in [5, 5.41) is 17.9. The summed E-state index contributed by atoms with van der Waals surface area (Å²) in [6.07, 6.45) is 0.0845. The van der Waals surface area contributed by atoms with E-state index in [1.807, 2.05) is 0 Å². The van der Waals surface area contributed by atoms with Crippen LogP contribution in [0.5, 0.6) is 0 Å². The summed E-state index contributed by atoms with van der Waals surface area (Å²) in [4.78, 5) is 21.9. The maximum atomic E-state index is 11.0. The van der Waals surface area contributed by atoms with Gasteiger partial charge in [-0.15, -0.1) is 0 Å². The van der Waals surface area contributed by atoms with Crippen molar-refractivity contribution in [2.45, 2.75) is 34.1 Å². The fraction of sp³-hybridized carbons (Fsp3) is 0.778. The number of carboxylic acids is 2. The van der Waals surface area contributed by atoms with E-state index in [9.17, 15) is 9.59 Å². The van der Waals surface area contributed by atoms with Gasteiger partial charge in [-0.25, -0.2) is 0 Å². The summed E-state index contributed by atoms with van der Waals surface area (Å²) >= 11 is 0. The van der Waals surface area contributed by atoms with Gasteiger partial charge in [-0.05, 0) is 11.8 Å². The van der Waals surface area contributed by atoms with Crippen LogP contribution in [0.3, 0.4) is 0 Å². The molecule has 0 saturated carbocycles. The fourth-order valence-electron chi connectivity index (χ4n) is 1.57. The summed E-state index contributed by atoms with van der Waals surface area (Å²) in [6.45, 7) is 6.45. The van der Waals surface area contributed by atoms with Crippen molar-refractivity contribution in [1.82, 2.24) is 0 Å². The molecule has 4 nitrogen and oxygen atoms in total. The molecule has 14 heavy (non-hydrogen) atoms. The molecule has 0 atom stereocenters. The van der Waals surface area contributed by atoms with Gasteiger partial charge in [0.2, 0.25) is 0 Å². The topological polar surface area (TPSA) is 74.6 Å². The van der Waals surface area contributed by atoms with Crippen molar-refractivity contribution in [2.24, 2.45) is 10.8 Å². The molecular formula is C9H18MgO4. The minimum Gasteiger partial charge on any atom is -1.00 e. The minimum atomic E-state index is -1.69. The van der Waals surface area contributed by atoms with Crippen molar-refractivity contribution >= 4 is 35.0 Å². The van der Waals surface area contributed by atoms with E-state index < -0.39 is 22.8 Å². The first-order valence-corrected chi connectivity index (χ1v) is 4.17. The van der Waals surface area contributed by atoms with Crippen LogP contribution >= 0.6 is 0 Å². The number of hydrogen-bond donors (Lipinski definition) is 2. The standard InChI is InChI=1S/C9H16O4.Mg.2H/c1-5-9(6(10)11,7(12)13)8(2,3)4;;;/h5H2,1-4H3,(H,10,11)(H,12,13);;;/q;+2;2*-1. The van der Waals surface area contributed by atoms with E-state index in [-0.39, 0.29) is 32.3 Å². The summed E-state index contributed by atoms with van der Waals surface area (Å²) in [7, 11) is 0. The van der Waals surface area contributed by atoms with Gasteiger partial charge in [-0.2, -0.15) is 0 Å². The molecule has 0 aromatic rings. The minimum absolute atomic E-state index is 0. The molecule has 0 rings (SSSR count). The van der Waals surface area contributed by atoms with Gasteiger partial charge in [-0.3, -0.25) is 9.59 Å². The molecule has 0 spiro atoms. The summed E-state index contributed by atoms with van der Waals surface area (Å²) in [5.41, 5.74) is -2.48. The van der Waals surface area contributed by atoms with Crippen LogP contribution in [0.2, 0.25) is 0 Å². The number of aliphatic carboxylic acids is 2. The third kappa shape index (κ3) is 2.39. The molecule has 0 aliphatic heterocycles. The van der Waals surface area contributed by atoms with Crippen LogP contribution in [0.1, 0.15) is 37.0 Å². The van der Waals surface area contributed by atoms with Gasteiger partial charge in [0.1, 0.15) is 0 Å². The van der Waals surface area contributed by atoms with Gasteiger partial charge in [-0.1, -0.05) is 27.7 Å². The van der Waals surface area contributed by atoms with E-state index in [1.165, 1.54) is 0 Å². The Morgan fingerprint density at radius 2 is 1.43 bits per heavy atom. The molecule has 0 aromatic heterocycles. The molecule has 5 heteroatoms. The second-order valence-electron chi connectivity index (χ2n) is 4.12. The van der Waals surface area contributed by atoms with Crippen LogP contribution in [0, 0.1) is 10.8 Å². The van der Waals surface area contributed by atoms with Crippen molar-refractivity contribution in [3.05, 3.63) is 0 Å². The number of hydrogen-bond acceptors (Lipinski definition) is 2. The molecule has 0 aromatic carbocycles. The Bertz CT molecular complexity index is 224. The molecule has 0 amide bonds. The van der Waals surface area contributed by atoms with E-state index >= 15 is 0 Å². The summed E-state index contributed by atoms with van der Waals surface area (Å²) in [6, 6.07) is 0. The zero-order valence-electron chi connectivity index (χ0n) is 11.1. The third-order valence-corrected chi connectivity index (χ3v) is 2.54. The fourth-order valence-corrected chi connectivity index (χ4v) is 1.57. The van der Waals surface area contributed by atoms with E-state index in [4.69, 9.17) is 10.2 Å². The van der Waals surface area contributed by atoms with Crippen LogP contribution < -0.4 is 0 Å². The van der Waals surface area contributed by atoms with E-state index in [0.717, 1.165) is 0 Å². The van der Waals surface area contributed by atoms with Gasteiger partial charge in [0, 0.05) is 0 Å². The molecule has 0 bridgehead atoms. The van der Waals surface area contributed by atoms with Gasteiger partial charge >= 0.3 is 35.0 Å². The number of rotatable bonds is 3. The van der Waals surface area contributed by atoms with Crippen molar-refractivity contribution < 1.29 is 22.7 Å². The van der Waals surface area contributed by atoms with Crippen LogP contribution in [0.4, 0.5) is 0 Å². The zero-order chi connectivity index (χ0) is 10.9. The second kappa shape index (κ2) is 4.98. The predicted octanol–water partition coefficient (Wildman–Crippen LogP) is 1.44. The van der Waals surface area contributed by atoms with Crippen molar-refractivity contribution in [3.8, 4) is 0 Å². The van der Waals surface area contributed by atoms with E-state index in [2.05, 4.69) is 0 Å². The van der Waals surface area contributed by atoms with E-state index in [1.54, 1.807) is 27.7 Å². The average Bonchev–Trinajstić information content (AvgIpc) is 1.83.